The molecular formula is C21H19NO4. The summed E-state index contributed by atoms with van der Waals surface area (Å²) < 4.78 is 5.44. The van der Waals surface area contributed by atoms with E-state index in [-0.39, 0.29) is 12.3 Å². The lowest BCUT2D eigenvalue weighted by Gasteiger charge is -2.12. The standard InChI is InChI=1S/C21H19NO4/c1-26-21-9-8-16(10-15-4-2-5-17(11-15)14-23)12-20(21)18-6-3-7-19(13-18)22(24)25/h2-9,11-13,23H,10,14H2,1H3. The zero-order chi connectivity index (χ0) is 18.5. The summed E-state index contributed by atoms with van der Waals surface area (Å²) >= 11 is 0. The van der Waals surface area contributed by atoms with Crippen molar-refractivity contribution in [1.82, 2.24) is 0 Å². The monoisotopic (exact) mass is 349 g/mol. The Balaban J connectivity index is 1.98. The second-order valence-corrected chi connectivity index (χ2v) is 6.00. The molecule has 0 amide bonds. The zero-order valence-electron chi connectivity index (χ0n) is 14.4. The number of nitro groups is 1. The minimum atomic E-state index is -0.403. The van der Waals surface area contributed by atoms with E-state index < -0.39 is 4.92 Å². The van der Waals surface area contributed by atoms with Crippen LogP contribution in [0.25, 0.3) is 11.1 Å². The summed E-state index contributed by atoms with van der Waals surface area (Å²) in [6, 6.07) is 20.2. The first-order valence-electron chi connectivity index (χ1n) is 8.21. The number of aliphatic hydroxyl groups is 1. The van der Waals surface area contributed by atoms with Crippen LogP contribution in [0.1, 0.15) is 16.7 Å². The van der Waals surface area contributed by atoms with Crippen molar-refractivity contribution >= 4 is 5.69 Å². The summed E-state index contributed by atoms with van der Waals surface area (Å²) in [5.41, 5.74) is 4.61. The summed E-state index contributed by atoms with van der Waals surface area (Å²) in [7, 11) is 1.58. The Labute approximate surface area is 151 Å². The predicted octanol–water partition coefficient (Wildman–Crippen LogP) is 4.35. The number of aliphatic hydroxyl groups excluding tert-OH is 1. The highest BCUT2D eigenvalue weighted by atomic mass is 16.6. The fraction of sp³-hybridized carbons (Fsp3) is 0.143. The smallest absolute Gasteiger partial charge is 0.270 e. The number of benzene rings is 3. The van der Waals surface area contributed by atoms with E-state index in [0.717, 1.165) is 27.8 Å². The lowest BCUT2D eigenvalue weighted by molar-refractivity contribution is -0.384. The van der Waals surface area contributed by atoms with Crippen LogP contribution in [0.4, 0.5) is 5.69 Å². The minimum Gasteiger partial charge on any atom is -0.496 e. The second kappa shape index (κ2) is 7.80. The van der Waals surface area contributed by atoms with E-state index in [1.165, 1.54) is 6.07 Å². The van der Waals surface area contributed by atoms with Gasteiger partial charge in [0.05, 0.1) is 18.6 Å². The van der Waals surface area contributed by atoms with Crippen LogP contribution in [-0.4, -0.2) is 17.1 Å². The largest absolute Gasteiger partial charge is 0.496 e. The van der Waals surface area contributed by atoms with E-state index in [1.807, 2.05) is 48.5 Å². The van der Waals surface area contributed by atoms with Crippen LogP contribution in [0.15, 0.2) is 66.7 Å². The van der Waals surface area contributed by atoms with Crippen molar-refractivity contribution in [2.24, 2.45) is 0 Å². The molecule has 0 aliphatic rings. The molecule has 0 bridgehead atoms. The van der Waals surface area contributed by atoms with E-state index in [1.54, 1.807) is 19.2 Å². The van der Waals surface area contributed by atoms with Crippen LogP contribution in [0.3, 0.4) is 0 Å². The Morgan fingerprint density at radius 3 is 2.42 bits per heavy atom. The zero-order valence-corrected chi connectivity index (χ0v) is 14.4. The number of non-ortho nitro benzene ring substituents is 1. The molecule has 0 saturated carbocycles. The highest BCUT2D eigenvalue weighted by Crippen LogP contribution is 2.33. The average molecular weight is 349 g/mol. The first kappa shape index (κ1) is 17.6. The highest BCUT2D eigenvalue weighted by molar-refractivity contribution is 5.73. The van der Waals surface area contributed by atoms with E-state index >= 15 is 0 Å². The van der Waals surface area contributed by atoms with E-state index in [2.05, 4.69) is 0 Å². The third kappa shape index (κ3) is 3.90. The fourth-order valence-electron chi connectivity index (χ4n) is 2.95. The second-order valence-electron chi connectivity index (χ2n) is 6.00. The number of ether oxygens (including phenoxy) is 1. The van der Waals surface area contributed by atoms with Gasteiger partial charge in [0.2, 0.25) is 0 Å². The van der Waals surface area contributed by atoms with Gasteiger partial charge in [0, 0.05) is 17.7 Å². The summed E-state index contributed by atoms with van der Waals surface area (Å²) in [5, 5.41) is 20.3. The molecule has 0 fully saturated rings. The van der Waals surface area contributed by atoms with Gasteiger partial charge in [-0.25, -0.2) is 0 Å². The van der Waals surface area contributed by atoms with Crippen molar-refractivity contribution < 1.29 is 14.8 Å². The van der Waals surface area contributed by atoms with Crippen molar-refractivity contribution in [2.45, 2.75) is 13.0 Å². The third-order valence-electron chi connectivity index (χ3n) is 4.21. The lowest BCUT2D eigenvalue weighted by atomic mass is 9.97. The van der Waals surface area contributed by atoms with Gasteiger partial charge in [0.15, 0.2) is 0 Å². The molecule has 0 unspecified atom stereocenters. The van der Waals surface area contributed by atoms with Gasteiger partial charge >= 0.3 is 0 Å². The van der Waals surface area contributed by atoms with Crippen LogP contribution in [0.2, 0.25) is 0 Å². The molecule has 0 atom stereocenters. The molecule has 3 aromatic rings. The molecule has 3 rings (SSSR count). The van der Waals surface area contributed by atoms with Gasteiger partial charge in [-0.1, -0.05) is 42.5 Å². The summed E-state index contributed by atoms with van der Waals surface area (Å²) in [4.78, 5) is 10.7. The van der Waals surface area contributed by atoms with Crippen molar-refractivity contribution in [1.29, 1.82) is 0 Å². The van der Waals surface area contributed by atoms with Crippen LogP contribution in [-0.2, 0) is 13.0 Å². The van der Waals surface area contributed by atoms with Crippen molar-refractivity contribution in [2.75, 3.05) is 7.11 Å². The van der Waals surface area contributed by atoms with Crippen molar-refractivity contribution in [3.05, 3.63) is 93.5 Å². The highest BCUT2D eigenvalue weighted by Gasteiger charge is 2.12. The SMILES string of the molecule is COc1ccc(Cc2cccc(CO)c2)cc1-c1cccc([N+](=O)[O-])c1. The molecule has 0 aromatic heterocycles. The van der Waals surface area contributed by atoms with Crippen LogP contribution in [0.5, 0.6) is 5.75 Å². The summed E-state index contributed by atoms with van der Waals surface area (Å²) in [6.07, 6.45) is 0.694. The topological polar surface area (TPSA) is 72.6 Å². The number of rotatable bonds is 6. The van der Waals surface area contributed by atoms with Crippen LogP contribution < -0.4 is 4.74 Å². The number of nitrogens with zero attached hydrogens (tertiary/aromatic N) is 1. The molecule has 1 N–H and O–H groups in total. The minimum absolute atomic E-state index is 0.00931. The Kier molecular flexibility index (Phi) is 5.29. The molecule has 26 heavy (non-hydrogen) atoms. The summed E-state index contributed by atoms with van der Waals surface area (Å²) in [5.74, 6) is 0.665. The van der Waals surface area contributed by atoms with E-state index in [0.29, 0.717) is 12.2 Å². The predicted molar refractivity (Wildman–Crippen MR) is 100 cm³/mol. The average Bonchev–Trinajstić information content (AvgIpc) is 2.68. The van der Waals surface area contributed by atoms with Gasteiger partial charge in [0.1, 0.15) is 5.75 Å². The van der Waals surface area contributed by atoms with Gasteiger partial charge in [0.25, 0.3) is 5.69 Å². The lowest BCUT2D eigenvalue weighted by Crippen LogP contribution is -1.95. The number of hydrogen-bond acceptors (Lipinski definition) is 4. The third-order valence-corrected chi connectivity index (χ3v) is 4.21. The van der Waals surface area contributed by atoms with Gasteiger partial charge in [-0.15, -0.1) is 0 Å². The Bertz CT molecular complexity index is 937. The molecule has 0 saturated heterocycles. The molecular weight excluding hydrogens is 330 g/mol. The van der Waals surface area contributed by atoms with Gasteiger partial charge in [-0.2, -0.15) is 0 Å². The Morgan fingerprint density at radius 2 is 1.69 bits per heavy atom. The maximum Gasteiger partial charge on any atom is 0.270 e. The molecule has 0 heterocycles. The molecule has 0 aliphatic heterocycles. The molecule has 0 radical (unpaired) electrons. The Hall–Kier alpha value is -3.18. The maximum atomic E-state index is 11.1. The number of hydrogen-bond donors (Lipinski definition) is 1. The fourth-order valence-corrected chi connectivity index (χ4v) is 2.95. The Morgan fingerprint density at radius 1 is 0.962 bits per heavy atom. The molecule has 132 valence electrons. The van der Waals surface area contributed by atoms with Crippen molar-refractivity contribution in [3.8, 4) is 16.9 Å². The molecule has 3 aromatic carbocycles. The molecule has 0 spiro atoms. The normalized spacial score (nSPS) is 10.5. The number of methoxy groups -OCH3 is 1. The molecule has 5 nitrogen and oxygen atoms in total. The van der Waals surface area contributed by atoms with Gasteiger partial charge in [-0.05, 0) is 40.8 Å². The number of nitro benzene ring substituents is 1. The van der Waals surface area contributed by atoms with Crippen molar-refractivity contribution in [3.63, 3.8) is 0 Å². The maximum absolute atomic E-state index is 11.1. The molecule has 5 heteroatoms. The quantitative estimate of drug-likeness (QED) is 0.530. The summed E-state index contributed by atoms with van der Waals surface area (Å²) in [6.45, 7) is 0.00931. The first-order chi connectivity index (χ1) is 12.6. The van der Waals surface area contributed by atoms with Gasteiger partial charge in [-0.3, -0.25) is 10.1 Å². The molecule has 0 aliphatic carbocycles. The van der Waals surface area contributed by atoms with E-state index in [9.17, 15) is 15.2 Å². The van der Waals surface area contributed by atoms with Gasteiger partial charge < -0.3 is 9.84 Å². The van der Waals surface area contributed by atoms with Crippen LogP contribution >= 0.6 is 0 Å². The first-order valence-corrected chi connectivity index (χ1v) is 8.21. The van der Waals surface area contributed by atoms with Crippen LogP contribution in [0, 0.1) is 10.1 Å². The van der Waals surface area contributed by atoms with E-state index in [4.69, 9.17) is 4.74 Å².